The maximum absolute atomic E-state index is 15.1. The Balaban J connectivity index is 1.75. The van der Waals surface area contributed by atoms with E-state index in [0.717, 1.165) is 12.8 Å². The standard InChI is InChI=1S/C18H21FN4O2/c19-15-11(7-12(20)16(21)14(15)13-3-1-6-25-13)10-8-22-17(23-9-10)18(24)4-2-5-18/h7-9,13,24H,1-6,20-21H2. The van der Waals surface area contributed by atoms with E-state index in [2.05, 4.69) is 9.97 Å². The van der Waals surface area contributed by atoms with Crippen molar-refractivity contribution >= 4 is 11.4 Å². The molecular formula is C18H21FN4O2. The van der Waals surface area contributed by atoms with Crippen molar-refractivity contribution in [3.63, 3.8) is 0 Å². The third-order valence-electron chi connectivity index (χ3n) is 5.19. The van der Waals surface area contributed by atoms with Crippen molar-refractivity contribution in [1.82, 2.24) is 9.97 Å². The van der Waals surface area contributed by atoms with Crippen LogP contribution in [0.5, 0.6) is 0 Å². The molecule has 4 rings (SSSR count). The molecule has 1 aliphatic heterocycles. The minimum atomic E-state index is -0.944. The topological polar surface area (TPSA) is 107 Å². The van der Waals surface area contributed by atoms with E-state index >= 15 is 4.39 Å². The van der Waals surface area contributed by atoms with Gasteiger partial charge in [0.1, 0.15) is 11.4 Å². The first-order valence-electron chi connectivity index (χ1n) is 8.54. The maximum atomic E-state index is 15.1. The Morgan fingerprint density at radius 2 is 1.92 bits per heavy atom. The van der Waals surface area contributed by atoms with Gasteiger partial charge in [0.2, 0.25) is 0 Å². The molecule has 2 fully saturated rings. The number of nitrogens with two attached hydrogens (primary N) is 2. The summed E-state index contributed by atoms with van der Waals surface area (Å²) in [5.74, 6) is -0.0667. The molecule has 0 radical (unpaired) electrons. The van der Waals surface area contributed by atoms with Gasteiger partial charge in [-0.25, -0.2) is 14.4 Å². The summed E-state index contributed by atoms with van der Waals surface area (Å²) >= 11 is 0. The van der Waals surface area contributed by atoms with Gasteiger partial charge in [-0.3, -0.25) is 0 Å². The monoisotopic (exact) mass is 344 g/mol. The molecule has 132 valence electrons. The van der Waals surface area contributed by atoms with Gasteiger partial charge in [0.15, 0.2) is 5.82 Å². The van der Waals surface area contributed by atoms with Crippen LogP contribution in [0.15, 0.2) is 18.5 Å². The van der Waals surface area contributed by atoms with Gasteiger partial charge in [0, 0.05) is 35.7 Å². The second-order valence-corrected chi connectivity index (χ2v) is 6.84. The zero-order valence-electron chi connectivity index (χ0n) is 13.8. The third kappa shape index (κ3) is 2.63. The molecule has 1 aromatic carbocycles. The van der Waals surface area contributed by atoms with Crippen LogP contribution < -0.4 is 11.5 Å². The molecule has 1 aromatic heterocycles. The predicted molar refractivity (Wildman–Crippen MR) is 91.9 cm³/mol. The minimum absolute atomic E-state index is 0.231. The molecule has 0 amide bonds. The summed E-state index contributed by atoms with van der Waals surface area (Å²) < 4.78 is 20.7. The summed E-state index contributed by atoms with van der Waals surface area (Å²) in [5, 5.41) is 10.3. The highest BCUT2D eigenvalue weighted by Gasteiger charge is 2.39. The van der Waals surface area contributed by atoms with Gasteiger partial charge < -0.3 is 21.3 Å². The van der Waals surface area contributed by atoms with Crippen LogP contribution in [-0.4, -0.2) is 21.7 Å². The summed E-state index contributed by atoms with van der Waals surface area (Å²) in [6, 6.07) is 1.50. The molecule has 1 saturated heterocycles. The SMILES string of the molecule is Nc1cc(-c2cnc(C3(O)CCC3)nc2)c(F)c(C2CCCO2)c1N. The Morgan fingerprint density at radius 1 is 1.20 bits per heavy atom. The lowest BCUT2D eigenvalue weighted by atomic mass is 9.79. The van der Waals surface area contributed by atoms with Crippen LogP contribution in [0, 0.1) is 5.82 Å². The number of aliphatic hydroxyl groups is 1. The van der Waals surface area contributed by atoms with E-state index in [0.29, 0.717) is 54.1 Å². The Kier molecular flexibility index (Phi) is 3.85. The van der Waals surface area contributed by atoms with Crippen LogP contribution in [-0.2, 0) is 10.3 Å². The fourth-order valence-corrected chi connectivity index (χ4v) is 3.49. The molecule has 1 aliphatic carbocycles. The van der Waals surface area contributed by atoms with Crippen molar-refractivity contribution in [2.45, 2.75) is 43.8 Å². The number of nitrogens with zero attached hydrogens (tertiary/aromatic N) is 2. The largest absolute Gasteiger partial charge is 0.397 e. The zero-order valence-corrected chi connectivity index (χ0v) is 13.8. The van der Waals surface area contributed by atoms with Crippen LogP contribution in [0.3, 0.4) is 0 Å². The molecule has 2 heterocycles. The highest BCUT2D eigenvalue weighted by Crippen LogP contribution is 2.42. The van der Waals surface area contributed by atoms with Crippen molar-refractivity contribution in [2.24, 2.45) is 0 Å². The molecule has 7 heteroatoms. The molecular weight excluding hydrogens is 323 g/mol. The zero-order chi connectivity index (χ0) is 17.6. The van der Waals surface area contributed by atoms with Gasteiger partial charge in [0.25, 0.3) is 0 Å². The van der Waals surface area contributed by atoms with Gasteiger partial charge >= 0.3 is 0 Å². The molecule has 1 atom stereocenters. The van der Waals surface area contributed by atoms with E-state index in [4.69, 9.17) is 16.2 Å². The smallest absolute Gasteiger partial charge is 0.159 e. The highest BCUT2D eigenvalue weighted by atomic mass is 19.1. The molecule has 2 aliphatic rings. The Hall–Kier alpha value is -2.25. The van der Waals surface area contributed by atoms with Gasteiger partial charge in [-0.15, -0.1) is 0 Å². The molecule has 0 spiro atoms. The second kappa shape index (κ2) is 5.93. The molecule has 25 heavy (non-hydrogen) atoms. The first-order valence-corrected chi connectivity index (χ1v) is 8.54. The summed E-state index contributed by atoms with van der Waals surface area (Å²) in [7, 11) is 0. The van der Waals surface area contributed by atoms with Crippen molar-refractivity contribution in [2.75, 3.05) is 18.1 Å². The Bertz CT molecular complexity index is 800. The normalized spacial score (nSPS) is 21.9. The highest BCUT2D eigenvalue weighted by molar-refractivity contribution is 5.78. The average Bonchev–Trinajstić information content (AvgIpc) is 3.10. The number of ether oxygens (including phenoxy) is 1. The number of aromatic nitrogens is 2. The summed E-state index contributed by atoms with van der Waals surface area (Å²) in [5.41, 5.74) is 12.7. The fourth-order valence-electron chi connectivity index (χ4n) is 3.49. The van der Waals surface area contributed by atoms with Crippen LogP contribution >= 0.6 is 0 Å². The molecule has 5 N–H and O–H groups in total. The molecule has 1 saturated carbocycles. The van der Waals surface area contributed by atoms with Gasteiger partial charge in [-0.1, -0.05) is 0 Å². The van der Waals surface area contributed by atoms with Crippen molar-refractivity contribution < 1.29 is 14.2 Å². The van der Waals surface area contributed by atoms with Gasteiger partial charge in [-0.05, 0) is 38.2 Å². The average molecular weight is 344 g/mol. The molecule has 6 nitrogen and oxygen atoms in total. The Morgan fingerprint density at radius 3 is 2.48 bits per heavy atom. The van der Waals surface area contributed by atoms with E-state index in [1.165, 1.54) is 18.5 Å². The van der Waals surface area contributed by atoms with E-state index in [1.54, 1.807) is 0 Å². The van der Waals surface area contributed by atoms with Crippen LogP contribution in [0.1, 0.15) is 49.6 Å². The van der Waals surface area contributed by atoms with Crippen LogP contribution in [0.2, 0.25) is 0 Å². The first-order chi connectivity index (χ1) is 12.0. The third-order valence-corrected chi connectivity index (χ3v) is 5.19. The number of benzene rings is 1. The van der Waals surface area contributed by atoms with Gasteiger partial charge in [0.05, 0.1) is 17.5 Å². The predicted octanol–water partition coefficient (Wildman–Crippen LogP) is 2.67. The number of halogens is 1. The summed E-state index contributed by atoms with van der Waals surface area (Å²) in [6.45, 7) is 0.587. The number of hydrogen-bond donors (Lipinski definition) is 3. The Labute approximate surface area is 145 Å². The van der Waals surface area contributed by atoms with E-state index in [-0.39, 0.29) is 11.8 Å². The second-order valence-electron chi connectivity index (χ2n) is 6.84. The van der Waals surface area contributed by atoms with E-state index < -0.39 is 11.4 Å². The van der Waals surface area contributed by atoms with Crippen molar-refractivity contribution in [1.29, 1.82) is 0 Å². The fraction of sp³-hybridized carbons (Fsp3) is 0.444. The lowest BCUT2D eigenvalue weighted by Crippen LogP contribution is -2.35. The van der Waals surface area contributed by atoms with Crippen molar-refractivity contribution in [3.05, 3.63) is 35.7 Å². The maximum Gasteiger partial charge on any atom is 0.159 e. The van der Waals surface area contributed by atoms with Gasteiger partial charge in [-0.2, -0.15) is 0 Å². The number of nitrogen functional groups attached to an aromatic ring is 2. The summed E-state index contributed by atoms with van der Waals surface area (Å²) in [4.78, 5) is 8.48. The lowest BCUT2D eigenvalue weighted by molar-refractivity contribution is -0.0467. The van der Waals surface area contributed by atoms with E-state index in [9.17, 15) is 5.11 Å². The number of hydrogen-bond acceptors (Lipinski definition) is 6. The minimum Gasteiger partial charge on any atom is -0.397 e. The van der Waals surface area contributed by atoms with Crippen LogP contribution in [0.25, 0.3) is 11.1 Å². The first kappa shape index (κ1) is 16.2. The van der Waals surface area contributed by atoms with E-state index in [1.807, 2.05) is 0 Å². The molecule has 1 unspecified atom stereocenters. The quantitative estimate of drug-likeness (QED) is 0.739. The van der Waals surface area contributed by atoms with Crippen molar-refractivity contribution in [3.8, 4) is 11.1 Å². The number of rotatable bonds is 3. The summed E-state index contributed by atoms with van der Waals surface area (Å²) in [6.07, 6.45) is 6.50. The molecule has 0 bridgehead atoms. The number of anilines is 2. The van der Waals surface area contributed by atoms with Crippen LogP contribution in [0.4, 0.5) is 15.8 Å². The molecule has 2 aromatic rings. The lowest BCUT2D eigenvalue weighted by Gasteiger charge is -2.34.